The molecule has 0 N–H and O–H groups in total. The van der Waals surface area contributed by atoms with Gasteiger partial charge in [-0.2, -0.15) is 0 Å². The van der Waals surface area contributed by atoms with E-state index in [9.17, 15) is 0 Å². The molecule has 0 spiro atoms. The van der Waals surface area contributed by atoms with E-state index in [0.29, 0.717) is 0 Å². The highest BCUT2D eigenvalue weighted by molar-refractivity contribution is 7.25. The van der Waals surface area contributed by atoms with Crippen LogP contribution in [0.4, 0.5) is 11.4 Å². The van der Waals surface area contributed by atoms with Crippen LogP contribution >= 0.6 is 11.3 Å². The fourth-order valence-corrected chi connectivity index (χ4v) is 7.96. The van der Waals surface area contributed by atoms with Crippen LogP contribution in [0.5, 0.6) is 0 Å². The first-order valence-electron chi connectivity index (χ1n) is 13.5. The zero-order chi connectivity index (χ0) is 25.5. The summed E-state index contributed by atoms with van der Waals surface area (Å²) < 4.78 is 2.69. The molecule has 0 radical (unpaired) electrons. The molecule has 0 atom stereocenters. The molecule has 9 rings (SSSR count). The molecular formula is C36H22BNS. The van der Waals surface area contributed by atoms with Gasteiger partial charge in [-0.05, 0) is 63.5 Å². The van der Waals surface area contributed by atoms with Crippen molar-refractivity contribution in [3.05, 3.63) is 133 Å². The van der Waals surface area contributed by atoms with E-state index in [1.54, 1.807) is 0 Å². The third-order valence-corrected chi connectivity index (χ3v) is 9.64. The van der Waals surface area contributed by atoms with Gasteiger partial charge in [0, 0.05) is 42.7 Å². The quantitative estimate of drug-likeness (QED) is 0.200. The van der Waals surface area contributed by atoms with Crippen LogP contribution < -0.4 is 15.7 Å². The van der Waals surface area contributed by atoms with Gasteiger partial charge in [0.25, 0.3) is 0 Å². The Morgan fingerprint density at radius 3 is 1.92 bits per heavy atom. The molecule has 39 heavy (non-hydrogen) atoms. The van der Waals surface area contributed by atoms with E-state index in [2.05, 4.69) is 138 Å². The Labute approximate surface area is 231 Å². The molecular weight excluding hydrogens is 489 g/mol. The van der Waals surface area contributed by atoms with Crippen LogP contribution in [0.3, 0.4) is 0 Å². The van der Waals surface area contributed by atoms with Crippen molar-refractivity contribution in [1.29, 1.82) is 0 Å². The maximum absolute atomic E-state index is 2.58. The second-order valence-electron chi connectivity index (χ2n) is 10.5. The van der Waals surface area contributed by atoms with Crippen LogP contribution in [0, 0.1) is 0 Å². The Hall–Kier alpha value is -4.60. The highest BCUT2D eigenvalue weighted by Crippen LogP contribution is 2.47. The number of hydrogen-bond donors (Lipinski definition) is 0. The van der Waals surface area contributed by atoms with Crippen LogP contribution in [-0.4, -0.2) is 6.85 Å². The average Bonchev–Trinajstić information content (AvgIpc) is 3.38. The SMILES string of the molecule is c1ccc2c(c1)B1c3c(-c4ccc5sc6ccccc6c5c4)cccc3-c3ccccc3N1c1ccccc1-2. The van der Waals surface area contributed by atoms with Gasteiger partial charge in [-0.25, -0.2) is 0 Å². The van der Waals surface area contributed by atoms with E-state index in [1.165, 1.54) is 75.9 Å². The Balaban J connectivity index is 1.38. The summed E-state index contributed by atoms with van der Waals surface area (Å²) in [5.41, 5.74) is 13.1. The predicted molar refractivity (Wildman–Crippen MR) is 169 cm³/mol. The summed E-state index contributed by atoms with van der Waals surface area (Å²) in [7, 11) is 0. The van der Waals surface area contributed by atoms with E-state index >= 15 is 0 Å². The zero-order valence-corrected chi connectivity index (χ0v) is 22.0. The fourth-order valence-electron chi connectivity index (χ4n) is 6.88. The highest BCUT2D eigenvalue weighted by Gasteiger charge is 2.43. The first-order chi connectivity index (χ1) is 19.4. The molecule has 0 bridgehead atoms. The predicted octanol–water partition coefficient (Wildman–Crippen LogP) is 8.63. The van der Waals surface area contributed by atoms with Crippen molar-refractivity contribution < 1.29 is 0 Å². The molecule has 0 saturated heterocycles. The molecule has 7 aromatic rings. The van der Waals surface area contributed by atoms with Crippen LogP contribution in [0.25, 0.3) is 53.6 Å². The number of hydrogen-bond acceptors (Lipinski definition) is 2. The minimum atomic E-state index is 0.0899. The monoisotopic (exact) mass is 511 g/mol. The van der Waals surface area contributed by atoms with Crippen molar-refractivity contribution >= 4 is 60.7 Å². The lowest BCUT2D eigenvalue weighted by Crippen LogP contribution is -2.60. The summed E-state index contributed by atoms with van der Waals surface area (Å²) in [4.78, 5) is 2.58. The Bertz CT molecular complexity index is 2110. The van der Waals surface area contributed by atoms with Crippen molar-refractivity contribution in [3.8, 4) is 33.4 Å². The molecule has 2 aliphatic rings. The zero-order valence-electron chi connectivity index (χ0n) is 21.1. The maximum Gasteiger partial charge on any atom is 0.330 e. The van der Waals surface area contributed by atoms with E-state index in [4.69, 9.17) is 0 Å². The molecule has 180 valence electrons. The second-order valence-corrected chi connectivity index (χ2v) is 11.6. The fraction of sp³-hybridized carbons (Fsp3) is 0. The van der Waals surface area contributed by atoms with E-state index in [-0.39, 0.29) is 6.85 Å². The summed E-state index contributed by atoms with van der Waals surface area (Å²) >= 11 is 1.88. The molecule has 0 aliphatic carbocycles. The van der Waals surface area contributed by atoms with Crippen LogP contribution in [0.1, 0.15) is 0 Å². The maximum atomic E-state index is 2.58. The van der Waals surface area contributed by atoms with Crippen molar-refractivity contribution in [2.45, 2.75) is 0 Å². The summed E-state index contributed by atoms with van der Waals surface area (Å²) in [6.07, 6.45) is 0. The van der Waals surface area contributed by atoms with E-state index in [1.807, 2.05) is 11.3 Å². The number of rotatable bonds is 1. The Morgan fingerprint density at radius 2 is 1.08 bits per heavy atom. The smallest absolute Gasteiger partial charge is 0.330 e. The van der Waals surface area contributed by atoms with Gasteiger partial charge >= 0.3 is 6.85 Å². The largest absolute Gasteiger partial charge is 0.376 e. The number of benzene rings is 6. The summed E-state index contributed by atoms with van der Waals surface area (Å²) in [5, 5.41) is 2.68. The van der Waals surface area contributed by atoms with Crippen LogP contribution in [0.2, 0.25) is 0 Å². The highest BCUT2D eigenvalue weighted by atomic mass is 32.1. The van der Waals surface area contributed by atoms with Gasteiger partial charge in [-0.3, -0.25) is 0 Å². The standard InChI is InChI=1S/C36H22BNS/c1-5-16-31-25(10-1)26-11-2-6-17-32(26)38-33-18-7-3-12-27(33)29-15-9-14-24(36(29)37(31)38)23-20-21-35-30(22-23)28-13-4-8-19-34(28)39-35/h1-22H. The van der Waals surface area contributed by atoms with Crippen LogP contribution in [-0.2, 0) is 0 Å². The van der Waals surface area contributed by atoms with Crippen molar-refractivity contribution in [2.24, 2.45) is 0 Å². The van der Waals surface area contributed by atoms with E-state index in [0.717, 1.165) is 0 Å². The first-order valence-corrected chi connectivity index (χ1v) is 14.3. The molecule has 3 heteroatoms. The summed E-state index contributed by atoms with van der Waals surface area (Å²) in [6.45, 7) is 0.0899. The van der Waals surface area contributed by atoms with Gasteiger partial charge in [0.2, 0.25) is 0 Å². The van der Waals surface area contributed by atoms with Gasteiger partial charge in [0.05, 0.1) is 0 Å². The second kappa shape index (κ2) is 7.95. The minimum Gasteiger partial charge on any atom is -0.376 e. The first kappa shape index (κ1) is 21.4. The Kier molecular flexibility index (Phi) is 4.35. The number of anilines is 2. The lowest BCUT2D eigenvalue weighted by atomic mass is 9.42. The molecule has 0 unspecified atom stereocenters. The Morgan fingerprint density at radius 1 is 0.462 bits per heavy atom. The topological polar surface area (TPSA) is 3.24 Å². The molecule has 1 nitrogen and oxygen atoms in total. The number of para-hydroxylation sites is 2. The van der Waals surface area contributed by atoms with Crippen molar-refractivity contribution in [3.63, 3.8) is 0 Å². The van der Waals surface area contributed by atoms with Gasteiger partial charge in [0.1, 0.15) is 0 Å². The summed E-state index contributed by atoms with van der Waals surface area (Å²) in [5.74, 6) is 0. The number of thiophene rings is 1. The molecule has 3 heterocycles. The minimum absolute atomic E-state index is 0.0899. The molecule has 0 amide bonds. The third-order valence-electron chi connectivity index (χ3n) is 8.49. The van der Waals surface area contributed by atoms with E-state index < -0.39 is 0 Å². The number of nitrogens with zero attached hydrogens (tertiary/aromatic N) is 1. The lowest BCUT2D eigenvalue weighted by Gasteiger charge is -2.44. The van der Waals surface area contributed by atoms with Crippen molar-refractivity contribution in [1.82, 2.24) is 0 Å². The molecule has 1 aromatic heterocycles. The summed E-state index contributed by atoms with van der Waals surface area (Å²) in [6, 6.07) is 49.5. The normalized spacial score (nSPS) is 13.0. The van der Waals surface area contributed by atoms with Gasteiger partial charge in [-0.1, -0.05) is 103 Å². The van der Waals surface area contributed by atoms with Crippen LogP contribution in [0.15, 0.2) is 133 Å². The molecule has 0 fully saturated rings. The van der Waals surface area contributed by atoms with Gasteiger partial charge in [0.15, 0.2) is 0 Å². The molecule has 6 aromatic carbocycles. The lowest BCUT2D eigenvalue weighted by molar-refractivity contribution is 1.35. The number of fused-ring (bicyclic) bond motifs is 14. The third kappa shape index (κ3) is 2.91. The van der Waals surface area contributed by atoms with Gasteiger partial charge in [-0.15, -0.1) is 11.3 Å². The average molecular weight is 511 g/mol. The van der Waals surface area contributed by atoms with Crippen molar-refractivity contribution in [2.75, 3.05) is 4.81 Å². The molecule has 2 aliphatic heterocycles. The molecule has 0 saturated carbocycles. The van der Waals surface area contributed by atoms with Gasteiger partial charge < -0.3 is 4.81 Å².